The number of nitrogens with one attached hydrogen (secondary N) is 1. The Morgan fingerprint density at radius 3 is 2.40 bits per heavy atom. The number of benzene rings is 1. The zero-order valence-electron chi connectivity index (χ0n) is 12.4. The molecule has 2 unspecified atom stereocenters. The molecule has 0 saturated heterocycles. The molecule has 0 aliphatic heterocycles. The summed E-state index contributed by atoms with van der Waals surface area (Å²) in [5.41, 5.74) is 0.917. The number of hydrogen-bond acceptors (Lipinski definition) is 3. The zero-order chi connectivity index (χ0) is 15.3. The van der Waals surface area contributed by atoms with Crippen LogP contribution < -0.4 is 5.32 Å². The molecule has 0 fully saturated rings. The van der Waals surface area contributed by atoms with E-state index in [2.05, 4.69) is 5.32 Å². The van der Waals surface area contributed by atoms with Crippen LogP contribution in [-0.2, 0) is 0 Å². The Kier molecular flexibility index (Phi) is 5.70. The predicted octanol–water partition coefficient (Wildman–Crippen LogP) is 1.14. The number of amides is 2. The average Bonchev–Trinajstić information content (AvgIpc) is 2.45. The lowest BCUT2D eigenvalue weighted by atomic mass is 10.0. The maximum Gasteiger partial charge on any atom is 0.253 e. The zero-order valence-corrected chi connectivity index (χ0v) is 12.4. The van der Waals surface area contributed by atoms with Crippen LogP contribution in [0.25, 0.3) is 0 Å². The summed E-state index contributed by atoms with van der Waals surface area (Å²) >= 11 is 0. The summed E-state index contributed by atoms with van der Waals surface area (Å²) in [4.78, 5) is 25.4. The van der Waals surface area contributed by atoms with Gasteiger partial charge in [0, 0.05) is 37.9 Å². The maximum absolute atomic E-state index is 12.1. The van der Waals surface area contributed by atoms with Crippen LogP contribution in [-0.4, -0.2) is 48.6 Å². The summed E-state index contributed by atoms with van der Waals surface area (Å²) in [5, 5.41) is 11.9. The third-order valence-electron chi connectivity index (χ3n) is 3.28. The fraction of sp³-hybridized carbons (Fsp3) is 0.467. The molecule has 0 aromatic heterocycles. The van der Waals surface area contributed by atoms with E-state index in [1.54, 1.807) is 38.4 Å². The maximum atomic E-state index is 12.1. The van der Waals surface area contributed by atoms with Crippen molar-refractivity contribution in [2.24, 2.45) is 5.92 Å². The molecule has 2 atom stereocenters. The first-order chi connectivity index (χ1) is 9.36. The second-order valence-corrected chi connectivity index (χ2v) is 5.20. The van der Waals surface area contributed by atoms with Crippen LogP contribution in [0.3, 0.4) is 0 Å². The van der Waals surface area contributed by atoms with Crippen molar-refractivity contribution in [3.63, 3.8) is 0 Å². The molecule has 1 rings (SSSR count). The number of aliphatic hydroxyl groups excluding tert-OH is 1. The predicted molar refractivity (Wildman–Crippen MR) is 77.6 cm³/mol. The molecule has 0 bridgehead atoms. The molecule has 20 heavy (non-hydrogen) atoms. The van der Waals surface area contributed by atoms with Gasteiger partial charge in [0.2, 0.25) is 0 Å². The van der Waals surface area contributed by atoms with Crippen molar-refractivity contribution in [3.8, 4) is 0 Å². The Hall–Kier alpha value is -1.88. The van der Waals surface area contributed by atoms with Crippen molar-refractivity contribution in [3.05, 3.63) is 35.4 Å². The number of hydrogen-bond donors (Lipinski definition) is 2. The molecular formula is C15H22N2O3. The lowest BCUT2D eigenvalue weighted by Gasteiger charge is -2.19. The van der Waals surface area contributed by atoms with E-state index in [0.717, 1.165) is 0 Å². The van der Waals surface area contributed by atoms with Gasteiger partial charge in [0.1, 0.15) is 0 Å². The van der Waals surface area contributed by atoms with Gasteiger partial charge in [-0.1, -0.05) is 13.0 Å². The van der Waals surface area contributed by atoms with Crippen molar-refractivity contribution >= 4 is 11.8 Å². The minimum Gasteiger partial charge on any atom is -0.396 e. The highest BCUT2D eigenvalue weighted by molar-refractivity contribution is 5.99. The Balaban J connectivity index is 2.84. The number of nitrogens with zero attached hydrogens (tertiary/aromatic N) is 1. The van der Waals surface area contributed by atoms with E-state index in [9.17, 15) is 9.59 Å². The van der Waals surface area contributed by atoms with Gasteiger partial charge in [0.15, 0.2) is 0 Å². The van der Waals surface area contributed by atoms with Crippen LogP contribution in [0.1, 0.15) is 34.6 Å². The Bertz CT molecular complexity index is 486. The Morgan fingerprint density at radius 1 is 1.25 bits per heavy atom. The van der Waals surface area contributed by atoms with Gasteiger partial charge < -0.3 is 15.3 Å². The van der Waals surface area contributed by atoms with E-state index in [0.29, 0.717) is 11.1 Å². The lowest BCUT2D eigenvalue weighted by molar-refractivity contribution is 0.0827. The number of rotatable bonds is 5. The van der Waals surface area contributed by atoms with Crippen LogP contribution in [0.5, 0.6) is 0 Å². The van der Waals surface area contributed by atoms with E-state index < -0.39 is 0 Å². The number of carbonyl (C=O) groups is 2. The molecule has 2 amide bonds. The second-order valence-electron chi connectivity index (χ2n) is 5.20. The minimum atomic E-state index is -0.244. The number of aliphatic hydroxyl groups is 1. The van der Waals surface area contributed by atoms with Crippen LogP contribution in [0.4, 0.5) is 0 Å². The van der Waals surface area contributed by atoms with E-state index in [1.165, 1.54) is 4.90 Å². The van der Waals surface area contributed by atoms with Crippen molar-refractivity contribution in [1.29, 1.82) is 0 Å². The number of carbonyl (C=O) groups excluding carboxylic acids is 2. The van der Waals surface area contributed by atoms with Gasteiger partial charge in [-0.2, -0.15) is 0 Å². The van der Waals surface area contributed by atoms with Gasteiger partial charge in [-0.25, -0.2) is 0 Å². The smallest absolute Gasteiger partial charge is 0.253 e. The molecule has 1 aromatic carbocycles. The SMILES string of the molecule is CC(CO)C(C)NC(=O)c1cccc(C(=O)N(C)C)c1. The molecule has 0 radical (unpaired) electrons. The molecule has 0 aliphatic rings. The molecule has 2 N–H and O–H groups in total. The van der Waals surface area contributed by atoms with Crippen molar-refractivity contribution in [2.75, 3.05) is 20.7 Å². The molecule has 110 valence electrons. The monoisotopic (exact) mass is 278 g/mol. The molecule has 0 heterocycles. The molecule has 1 aromatic rings. The van der Waals surface area contributed by atoms with Gasteiger partial charge in [-0.3, -0.25) is 9.59 Å². The average molecular weight is 278 g/mol. The first-order valence-corrected chi connectivity index (χ1v) is 6.60. The van der Waals surface area contributed by atoms with Gasteiger partial charge in [-0.15, -0.1) is 0 Å². The van der Waals surface area contributed by atoms with E-state index in [-0.39, 0.29) is 30.4 Å². The summed E-state index contributed by atoms with van der Waals surface area (Å²) in [6.07, 6.45) is 0. The first kappa shape index (κ1) is 16.2. The standard InChI is InChI=1S/C15H22N2O3/c1-10(9-18)11(2)16-14(19)12-6-5-7-13(8-12)15(20)17(3)4/h5-8,10-11,18H,9H2,1-4H3,(H,16,19). The highest BCUT2D eigenvalue weighted by Crippen LogP contribution is 2.09. The summed E-state index contributed by atoms with van der Waals surface area (Å²) in [5.74, 6) is -0.409. The second kappa shape index (κ2) is 7.05. The highest BCUT2D eigenvalue weighted by atomic mass is 16.3. The fourth-order valence-corrected chi connectivity index (χ4v) is 1.64. The lowest BCUT2D eigenvalue weighted by Crippen LogP contribution is -2.38. The van der Waals surface area contributed by atoms with Gasteiger partial charge in [-0.05, 0) is 31.0 Å². The molecular weight excluding hydrogens is 256 g/mol. The van der Waals surface area contributed by atoms with Crippen molar-refractivity contribution in [1.82, 2.24) is 10.2 Å². The van der Waals surface area contributed by atoms with E-state index in [1.807, 2.05) is 13.8 Å². The summed E-state index contributed by atoms with van der Waals surface area (Å²) < 4.78 is 0. The van der Waals surface area contributed by atoms with Crippen LogP contribution in [0.15, 0.2) is 24.3 Å². The van der Waals surface area contributed by atoms with Crippen LogP contribution in [0.2, 0.25) is 0 Å². The van der Waals surface area contributed by atoms with Gasteiger partial charge >= 0.3 is 0 Å². The van der Waals surface area contributed by atoms with Crippen molar-refractivity contribution in [2.45, 2.75) is 19.9 Å². The minimum absolute atomic E-state index is 0.0145. The van der Waals surface area contributed by atoms with E-state index >= 15 is 0 Å². The molecule has 5 nitrogen and oxygen atoms in total. The van der Waals surface area contributed by atoms with Crippen molar-refractivity contribution < 1.29 is 14.7 Å². The third-order valence-corrected chi connectivity index (χ3v) is 3.28. The van der Waals surface area contributed by atoms with Gasteiger partial charge in [0.05, 0.1) is 0 Å². The summed E-state index contributed by atoms with van der Waals surface area (Å²) in [7, 11) is 3.33. The van der Waals surface area contributed by atoms with Crippen LogP contribution in [0, 0.1) is 5.92 Å². The first-order valence-electron chi connectivity index (χ1n) is 6.60. The Morgan fingerprint density at radius 2 is 1.85 bits per heavy atom. The highest BCUT2D eigenvalue weighted by Gasteiger charge is 2.16. The normalized spacial score (nSPS) is 13.4. The molecule has 0 saturated carbocycles. The summed E-state index contributed by atoms with van der Waals surface area (Å²) in [6.45, 7) is 3.71. The largest absolute Gasteiger partial charge is 0.396 e. The molecule has 5 heteroatoms. The Labute approximate surface area is 119 Å². The quantitative estimate of drug-likeness (QED) is 0.848. The third kappa shape index (κ3) is 4.06. The van der Waals surface area contributed by atoms with E-state index in [4.69, 9.17) is 5.11 Å². The van der Waals surface area contributed by atoms with Crippen LogP contribution >= 0.6 is 0 Å². The summed E-state index contributed by atoms with van der Waals surface area (Å²) in [6, 6.07) is 6.47. The van der Waals surface area contributed by atoms with Gasteiger partial charge in [0.25, 0.3) is 11.8 Å². The molecule has 0 aliphatic carbocycles. The fourth-order valence-electron chi connectivity index (χ4n) is 1.64. The topological polar surface area (TPSA) is 69.6 Å². The molecule has 0 spiro atoms.